The SMILES string of the molecule is COC1OC([O-])C(OC)C(O)C1C. The van der Waals surface area contributed by atoms with Crippen molar-refractivity contribution in [3.05, 3.63) is 0 Å². The summed E-state index contributed by atoms with van der Waals surface area (Å²) in [7, 11) is 2.82. The van der Waals surface area contributed by atoms with Crippen molar-refractivity contribution in [2.75, 3.05) is 14.2 Å². The molecule has 78 valence electrons. The largest absolute Gasteiger partial charge is 0.829 e. The summed E-state index contributed by atoms with van der Waals surface area (Å²) in [5.41, 5.74) is 0. The fourth-order valence-electron chi connectivity index (χ4n) is 1.48. The van der Waals surface area contributed by atoms with Crippen molar-refractivity contribution < 1.29 is 24.4 Å². The third-order valence-electron chi connectivity index (χ3n) is 2.35. The first-order chi connectivity index (χ1) is 6.11. The molecule has 1 aliphatic rings. The lowest BCUT2D eigenvalue weighted by Gasteiger charge is -2.45. The Kier molecular flexibility index (Phi) is 3.63. The fourth-order valence-corrected chi connectivity index (χ4v) is 1.48. The van der Waals surface area contributed by atoms with Gasteiger partial charge in [0.1, 0.15) is 0 Å². The third kappa shape index (κ3) is 2.00. The molecule has 5 heteroatoms. The predicted molar refractivity (Wildman–Crippen MR) is 41.6 cm³/mol. The molecule has 0 aromatic rings. The van der Waals surface area contributed by atoms with Gasteiger partial charge >= 0.3 is 0 Å². The summed E-state index contributed by atoms with van der Waals surface area (Å²) >= 11 is 0. The summed E-state index contributed by atoms with van der Waals surface area (Å²) in [5, 5.41) is 20.9. The molecule has 0 radical (unpaired) electrons. The normalized spacial score (nSPS) is 46.4. The lowest BCUT2D eigenvalue weighted by Crippen LogP contribution is -2.59. The zero-order valence-corrected chi connectivity index (χ0v) is 7.97. The average Bonchev–Trinajstić information content (AvgIpc) is 2.12. The van der Waals surface area contributed by atoms with Crippen LogP contribution in [0.15, 0.2) is 0 Å². The molecule has 0 saturated carbocycles. The average molecular weight is 191 g/mol. The van der Waals surface area contributed by atoms with Gasteiger partial charge < -0.3 is 24.4 Å². The van der Waals surface area contributed by atoms with E-state index >= 15 is 0 Å². The van der Waals surface area contributed by atoms with E-state index in [1.54, 1.807) is 6.92 Å². The van der Waals surface area contributed by atoms with Crippen LogP contribution in [-0.4, -0.2) is 44.1 Å². The van der Waals surface area contributed by atoms with Crippen molar-refractivity contribution in [2.45, 2.75) is 31.7 Å². The Bertz CT molecular complexity index is 163. The minimum absolute atomic E-state index is 0.264. The highest BCUT2D eigenvalue weighted by Gasteiger charge is 2.38. The van der Waals surface area contributed by atoms with E-state index in [4.69, 9.17) is 14.2 Å². The van der Waals surface area contributed by atoms with Crippen molar-refractivity contribution in [2.24, 2.45) is 5.92 Å². The minimum Gasteiger partial charge on any atom is -0.829 e. The van der Waals surface area contributed by atoms with Crippen molar-refractivity contribution >= 4 is 0 Å². The quantitative estimate of drug-likeness (QED) is 0.586. The molecule has 0 spiro atoms. The lowest BCUT2D eigenvalue weighted by atomic mass is 9.96. The van der Waals surface area contributed by atoms with Crippen LogP contribution in [0, 0.1) is 5.92 Å². The molecule has 0 aromatic carbocycles. The summed E-state index contributed by atoms with van der Waals surface area (Å²) < 4.78 is 14.7. The zero-order valence-electron chi connectivity index (χ0n) is 7.97. The summed E-state index contributed by atoms with van der Waals surface area (Å²) in [5.74, 6) is -0.264. The zero-order chi connectivity index (χ0) is 10.0. The topological polar surface area (TPSA) is 71.0 Å². The Labute approximate surface area is 77.2 Å². The highest BCUT2D eigenvalue weighted by molar-refractivity contribution is 4.82. The molecule has 13 heavy (non-hydrogen) atoms. The van der Waals surface area contributed by atoms with Crippen LogP contribution >= 0.6 is 0 Å². The van der Waals surface area contributed by atoms with E-state index in [0.717, 1.165) is 0 Å². The first kappa shape index (κ1) is 10.9. The van der Waals surface area contributed by atoms with Gasteiger partial charge in [0.2, 0.25) is 0 Å². The van der Waals surface area contributed by atoms with Gasteiger partial charge in [0, 0.05) is 26.4 Å². The maximum Gasteiger partial charge on any atom is 0.160 e. The van der Waals surface area contributed by atoms with Crippen LogP contribution in [0.4, 0.5) is 0 Å². The van der Waals surface area contributed by atoms with E-state index in [1.807, 2.05) is 0 Å². The van der Waals surface area contributed by atoms with Crippen molar-refractivity contribution in [3.8, 4) is 0 Å². The maximum absolute atomic E-state index is 11.2. The van der Waals surface area contributed by atoms with Crippen molar-refractivity contribution in [1.82, 2.24) is 0 Å². The molecule has 1 aliphatic heterocycles. The van der Waals surface area contributed by atoms with Gasteiger partial charge in [0.05, 0.1) is 12.2 Å². The Morgan fingerprint density at radius 1 is 1.31 bits per heavy atom. The monoisotopic (exact) mass is 191 g/mol. The van der Waals surface area contributed by atoms with Gasteiger partial charge in [-0.2, -0.15) is 0 Å². The summed E-state index contributed by atoms with van der Waals surface area (Å²) in [6, 6.07) is 0. The number of ether oxygens (including phenoxy) is 3. The molecule has 0 aromatic heterocycles. The smallest absolute Gasteiger partial charge is 0.160 e. The van der Waals surface area contributed by atoms with Gasteiger partial charge in [0.15, 0.2) is 6.29 Å². The van der Waals surface area contributed by atoms with Gasteiger partial charge in [-0.15, -0.1) is 0 Å². The molecule has 0 amide bonds. The van der Waals surface area contributed by atoms with E-state index in [2.05, 4.69) is 0 Å². The van der Waals surface area contributed by atoms with Crippen molar-refractivity contribution in [1.29, 1.82) is 0 Å². The molecule has 1 N–H and O–H groups in total. The highest BCUT2D eigenvalue weighted by Crippen LogP contribution is 2.25. The van der Waals surface area contributed by atoms with Gasteiger partial charge in [-0.3, -0.25) is 0 Å². The fraction of sp³-hybridized carbons (Fsp3) is 1.00. The van der Waals surface area contributed by atoms with Crippen molar-refractivity contribution in [3.63, 3.8) is 0 Å². The van der Waals surface area contributed by atoms with Crippen LogP contribution in [0.25, 0.3) is 0 Å². The van der Waals surface area contributed by atoms with Gasteiger partial charge in [-0.1, -0.05) is 6.92 Å². The summed E-state index contributed by atoms with van der Waals surface area (Å²) in [6.45, 7) is 1.75. The lowest BCUT2D eigenvalue weighted by molar-refractivity contribution is -0.543. The standard InChI is InChI=1S/C8H15O5/c1-4-5(9)6(11-2)7(10)13-8(4)12-3/h4-9H,1-3H3/q-1. The van der Waals surface area contributed by atoms with E-state index in [-0.39, 0.29) is 5.92 Å². The van der Waals surface area contributed by atoms with Crippen LogP contribution in [0.3, 0.4) is 0 Å². The number of aliphatic hydroxyl groups excluding tert-OH is 1. The minimum atomic E-state index is -1.39. The summed E-state index contributed by atoms with van der Waals surface area (Å²) in [6.07, 6.45) is -3.70. The highest BCUT2D eigenvalue weighted by atomic mass is 16.7. The van der Waals surface area contributed by atoms with Crippen LogP contribution in [0.1, 0.15) is 6.92 Å². The van der Waals surface area contributed by atoms with Crippen LogP contribution in [0.5, 0.6) is 0 Å². The Hall–Kier alpha value is -0.200. The molecular weight excluding hydrogens is 176 g/mol. The van der Waals surface area contributed by atoms with E-state index < -0.39 is 24.8 Å². The number of hydrogen-bond donors (Lipinski definition) is 1. The van der Waals surface area contributed by atoms with Crippen LogP contribution in [0.2, 0.25) is 0 Å². The second kappa shape index (κ2) is 4.34. The molecule has 5 nitrogen and oxygen atoms in total. The Morgan fingerprint density at radius 2 is 1.92 bits per heavy atom. The van der Waals surface area contributed by atoms with Gasteiger partial charge in [-0.05, 0) is 0 Å². The van der Waals surface area contributed by atoms with E-state index in [0.29, 0.717) is 0 Å². The molecule has 0 bridgehead atoms. The van der Waals surface area contributed by atoms with E-state index in [9.17, 15) is 10.2 Å². The maximum atomic E-state index is 11.2. The predicted octanol–water partition coefficient (Wildman–Crippen LogP) is -1.31. The summed E-state index contributed by atoms with van der Waals surface area (Å²) in [4.78, 5) is 0. The molecule has 1 saturated heterocycles. The first-order valence-electron chi connectivity index (χ1n) is 4.16. The second-order valence-corrected chi connectivity index (χ2v) is 3.16. The number of rotatable bonds is 2. The number of methoxy groups -OCH3 is 2. The van der Waals surface area contributed by atoms with Crippen LogP contribution in [-0.2, 0) is 14.2 Å². The van der Waals surface area contributed by atoms with Gasteiger partial charge in [0.25, 0.3) is 0 Å². The molecule has 1 fully saturated rings. The Morgan fingerprint density at radius 3 is 2.38 bits per heavy atom. The van der Waals surface area contributed by atoms with E-state index in [1.165, 1.54) is 14.2 Å². The number of aliphatic hydroxyl groups is 1. The van der Waals surface area contributed by atoms with Crippen LogP contribution < -0.4 is 5.11 Å². The van der Waals surface area contributed by atoms with Gasteiger partial charge in [-0.25, -0.2) is 0 Å². The molecule has 0 aliphatic carbocycles. The third-order valence-corrected chi connectivity index (χ3v) is 2.35. The molecule has 1 rings (SSSR count). The number of hydrogen-bond acceptors (Lipinski definition) is 5. The molecule has 5 atom stereocenters. The first-order valence-corrected chi connectivity index (χ1v) is 4.16. The second-order valence-electron chi connectivity index (χ2n) is 3.16. The molecule has 5 unspecified atom stereocenters. The Balaban J connectivity index is 2.66. The molecule has 1 heterocycles. The molecular formula is C8H15O5-.